The number of nitrogens with zero attached hydrogens (tertiary/aromatic N) is 2. The molecule has 0 unspecified atom stereocenters. The quantitative estimate of drug-likeness (QED) is 0.504. The average molecular weight is 460 g/mol. The molecule has 1 atom stereocenters. The molecule has 8 heteroatoms. The van der Waals surface area contributed by atoms with Crippen LogP contribution in [0.3, 0.4) is 0 Å². The van der Waals surface area contributed by atoms with Crippen LogP contribution in [0.5, 0.6) is 0 Å². The molecule has 3 aromatic rings. The zero-order valence-electron chi connectivity index (χ0n) is 17.3. The number of hydrogen-bond acceptors (Lipinski definition) is 4. The van der Waals surface area contributed by atoms with Gasteiger partial charge in [-0.1, -0.05) is 71.7 Å². The SMILES string of the molecule is Cc1nn(Cc2ccccc2Cl)c(Cl)c1C(=O)O[C@@H](C)C(=O)NCCc1ccccc1. The van der Waals surface area contributed by atoms with Crippen molar-refractivity contribution >= 4 is 35.1 Å². The molecule has 0 aliphatic carbocycles. The van der Waals surface area contributed by atoms with Crippen molar-refractivity contribution in [3.05, 3.63) is 87.2 Å². The molecular formula is C23H23Cl2N3O3. The second-order valence-electron chi connectivity index (χ2n) is 7.07. The monoisotopic (exact) mass is 459 g/mol. The molecule has 0 spiro atoms. The fourth-order valence-electron chi connectivity index (χ4n) is 3.07. The lowest BCUT2D eigenvalue weighted by Crippen LogP contribution is -2.37. The van der Waals surface area contributed by atoms with Gasteiger partial charge in [-0.15, -0.1) is 0 Å². The smallest absolute Gasteiger partial charge is 0.343 e. The third kappa shape index (κ3) is 5.87. The molecule has 2 aromatic carbocycles. The van der Waals surface area contributed by atoms with E-state index in [1.165, 1.54) is 11.6 Å². The number of nitrogens with one attached hydrogen (secondary N) is 1. The highest BCUT2D eigenvalue weighted by Crippen LogP contribution is 2.24. The molecule has 0 aliphatic rings. The maximum absolute atomic E-state index is 12.7. The van der Waals surface area contributed by atoms with E-state index in [0.29, 0.717) is 30.2 Å². The van der Waals surface area contributed by atoms with Gasteiger partial charge in [0.05, 0.1) is 12.2 Å². The van der Waals surface area contributed by atoms with Crippen molar-refractivity contribution in [2.45, 2.75) is 32.9 Å². The molecule has 0 saturated heterocycles. The zero-order valence-corrected chi connectivity index (χ0v) is 18.8. The average Bonchev–Trinajstić information content (AvgIpc) is 3.03. The van der Waals surface area contributed by atoms with Gasteiger partial charge in [-0.3, -0.25) is 4.79 Å². The molecule has 1 N–H and O–H groups in total. The van der Waals surface area contributed by atoms with Crippen molar-refractivity contribution < 1.29 is 14.3 Å². The van der Waals surface area contributed by atoms with Crippen LogP contribution in [-0.4, -0.2) is 34.3 Å². The Bertz CT molecular complexity index is 1070. The van der Waals surface area contributed by atoms with E-state index in [-0.39, 0.29) is 16.6 Å². The lowest BCUT2D eigenvalue weighted by atomic mass is 10.1. The highest BCUT2D eigenvalue weighted by Gasteiger charge is 2.25. The lowest BCUT2D eigenvalue weighted by molar-refractivity contribution is -0.129. The fourth-order valence-corrected chi connectivity index (χ4v) is 3.58. The van der Waals surface area contributed by atoms with Gasteiger partial charge in [-0.05, 0) is 37.5 Å². The van der Waals surface area contributed by atoms with Gasteiger partial charge < -0.3 is 10.1 Å². The van der Waals surface area contributed by atoms with Crippen molar-refractivity contribution in [3.63, 3.8) is 0 Å². The number of esters is 1. The van der Waals surface area contributed by atoms with E-state index in [1.54, 1.807) is 13.0 Å². The maximum Gasteiger partial charge on any atom is 0.343 e. The predicted octanol–water partition coefficient (Wildman–Crippen LogP) is 4.45. The number of amides is 1. The number of halogens is 2. The summed E-state index contributed by atoms with van der Waals surface area (Å²) in [4.78, 5) is 25.0. The van der Waals surface area contributed by atoms with E-state index in [1.807, 2.05) is 48.5 Å². The Morgan fingerprint density at radius 3 is 2.48 bits per heavy atom. The van der Waals surface area contributed by atoms with E-state index in [2.05, 4.69) is 10.4 Å². The number of carbonyl (C=O) groups excluding carboxylic acids is 2. The van der Waals surface area contributed by atoms with Crippen molar-refractivity contribution in [2.75, 3.05) is 6.54 Å². The first kappa shape index (κ1) is 22.8. The molecule has 3 rings (SSSR count). The Kier molecular flexibility index (Phi) is 7.71. The molecule has 1 aromatic heterocycles. The zero-order chi connectivity index (χ0) is 22.4. The second kappa shape index (κ2) is 10.5. The molecular weight excluding hydrogens is 437 g/mol. The maximum atomic E-state index is 12.7. The first-order valence-electron chi connectivity index (χ1n) is 9.85. The summed E-state index contributed by atoms with van der Waals surface area (Å²) >= 11 is 12.6. The standard InChI is InChI=1S/C23H23Cl2N3O3/c1-15-20(21(25)28(27-15)14-18-10-6-7-11-19(18)24)23(30)31-16(2)22(29)26-13-12-17-8-4-3-5-9-17/h3-11,16H,12-14H2,1-2H3,(H,26,29)/t16-/m0/s1. The number of aromatic nitrogens is 2. The Morgan fingerprint density at radius 2 is 1.77 bits per heavy atom. The Hall–Kier alpha value is -2.83. The van der Waals surface area contributed by atoms with Crippen LogP contribution in [0.4, 0.5) is 0 Å². The molecule has 1 heterocycles. The van der Waals surface area contributed by atoms with Crippen molar-refractivity contribution in [3.8, 4) is 0 Å². The van der Waals surface area contributed by atoms with E-state index >= 15 is 0 Å². The summed E-state index contributed by atoms with van der Waals surface area (Å²) in [6, 6.07) is 17.1. The number of rotatable bonds is 8. The first-order valence-corrected chi connectivity index (χ1v) is 10.6. The van der Waals surface area contributed by atoms with Crippen LogP contribution >= 0.6 is 23.2 Å². The summed E-state index contributed by atoms with van der Waals surface area (Å²) in [5.41, 5.74) is 2.48. The third-order valence-corrected chi connectivity index (χ3v) is 5.51. The molecule has 31 heavy (non-hydrogen) atoms. The summed E-state index contributed by atoms with van der Waals surface area (Å²) < 4.78 is 6.82. The molecule has 0 radical (unpaired) electrons. The molecule has 1 amide bonds. The summed E-state index contributed by atoms with van der Waals surface area (Å²) in [5.74, 6) is -1.07. The van der Waals surface area contributed by atoms with E-state index in [9.17, 15) is 9.59 Å². The number of benzene rings is 2. The Labute approximate surface area is 191 Å². The summed E-state index contributed by atoms with van der Waals surface area (Å²) in [6.07, 6.45) is -0.279. The van der Waals surface area contributed by atoms with Gasteiger partial charge in [0.25, 0.3) is 5.91 Å². The molecule has 162 valence electrons. The molecule has 6 nitrogen and oxygen atoms in total. The number of ether oxygens (including phenoxy) is 1. The topological polar surface area (TPSA) is 73.2 Å². The molecule has 0 fully saturated rings. The van der Waals surface area contributed by atoms with Crippen LogP contribution in [0.2, 0.25) is 10.2 Å². The van der Waals surface area contributed by atoms with Crippen LogP contribution in [0.25, 0.3) is 0 Å². The van der Waals surface area contributed by atoms with Crippen molar-refractivity contribution in [1.29, 1.82) is 0 Å². The highest BCUT2D eigenvalue weighted by atomic mass is 35.5. The van der Waals surface area contributed by atoms with Crippen LogP contribution in [0.15, 0.2) is 54.6 Å². The van der Waals surface area contributed by atoms with Crippen LogP contribution in [-0.2, 0) is 22.5 Å². The van der Waals surface area contributed by atoms with Gasteiger partial charge in [0.15, 0.2) is 6.10 Å². The first-order chi connectivity index (χ1) is 14.9. The minimum Gasteiger partial charge on any atom is -0.449 e. The van der Waals surface area contributed by atoms with Gasteiger partial charge in [-0.25, -0.2) is 9.48 Å². The minimum atomic E-state index is -0.967. The summed E-state index contributed by atoms with van der Waals surface area (Å²) in [7, 11) is 0. The summed E-state index contributed by atoms with van der Waals surface area (Å²) in [5, 5.41) is 7.82. The Balaban J connectivity index is 1.60. The Morgan fingerprint density at radius 1 is 1.10 bits per heavy atom. The molecule has 0 saturated carbocycles. The molecule has 0 bridgehead atoms. The van der Waals surface area contributed by atoms with Crippen LogP contribution in [0.1, 0.15) is 34.1 Å². The minimum absolute atomic E-state index is 0.137. The van der Waals surface area contributed by atoms with E-state index < -0.39 is 12.1 Å². The number of aryl methyl sites for hydroxylation is 1. The largest absolute Gasteiger partial charge is 0.449 e. The van der Waals surface area contributed by atoms with Gasteiger partial charge >= 0.3 is 5.97 Å². The van der Waals surface area contributed by atoms with Gasteiger partial charge in [0.1, 0.15) is 10.7 Å². The van der Waals surface area contributed by atoms with Crippen LogP contribution < -0.4 is 5.32 Å². The van der Waals surface area contributed by atoms with E-state index in [4.69, 9.17) is 27.9 Å². The lowest BCUT2D eigenvalue weighted by Gasteiger charge is -2.13. The third-order valence-electron chi connectivity index (χ3n) is 4.76. The number of hydrogen-bond donors (Lipinski definition) is 1. The van der Waals surface area contributed by atoms with Gasteiger partial charge in [0, 0.05) is 11.6 Å². The van der Waals surface area contributed by atoms with Crippen molar-refractivity contribution in [2.24, 2.45) is 0 Å². The van der Waals surface area contributed by atoms with Gasteiger partial charge in [0.2, 0.25) is 0 Å². The van der Waals surface area contributed by atoms with Crippen LogP contribution in [0, 0.1) is 6.92 Å². The highest BCUT2D eigenvalue weighted by molar-refractivity contribution is 6.33. The number of carbonyl (C=O) groups is 2. The fraction of sp³-hybridized carbons (Fsp3) is 0.261. The second-order valence-corrected chi connectivity index (χ2v) is 7.84. The van der Waals surface area contributed by atoms with E-state index in [0.717, 1.165) is 11.1 Å². The normalized spacial score (nSPS) is 11.7. The predicted molar refractivity (Wildman–Crippen MR) is 121 cm³/mol. The van der Waals surface area contributed by atoms with Crippen molar-refractivity contribution in [1.82, 2.24) is 15.1 Å². The molecule has 0 aliphatic heterocycles. The summed E-state index contributed by atoms with van der Waals surface area (Å²) in [6.45, 7) is 3.94. The van der Waals surface area contributed by atoms with Gasteiger partial charge in [-0.2, -0.15) is 5.10 Å².